The van der Waals surface area contributed by atoms with E-state index in [9.17, 15) is 0 Å². The van der Waals surface area contributed by atoms with Crippen molar-refractivity contribution in [2.45, 2.75) is 37.8 Å². The molecule has 3 rings (SSSR count). The Balaban J connectivity index is 1.73. The second-order valence-electron chi connectivity index (χ2n) is 6.05. The van der Waals surface area contributed by atoms with Gasteiger partial charge in [0.1, 0.15) is 16.8 Å². The van der Waals surface area contributed by atoms with Gasteiger partial charge >= 0.3 is 0 Å². The first-order chi connectivity index (χ1) is 11.5. The first kappa shape index (κ1) is 16.3. The Kier molecular flexibility index (Phi) is 4.42. The lowest BCUT2D eigenvalue weighted by Gasteiger charge is -2.39. The lowest BCUT2D eigenvalue weighted by molar-refractivity contribution is 0.260. The molecule has 1 unspecified atom stereocenters. The van der Waals surface area contributed by atoms with Crippen LogP contribution >= 0.6 is 12.2 Å². The number of benzene rings is 1. The van der Waals surface area contributed by atoms with Crippen LogP contribution in [0.4, 0.5) is 0 Å². The Morgan fingerprint density at radius 3 is 2.79 bits per heavy atom. The minimum Gasteiger partial charge on any atom is -0.484 e. The Bertz CT molecular complexity index is 871. The third-order valence-electron chi connectivity index (χ3n) is 4.35. The van der Waals surface area contributed by atoms with Gasteiger partial charge in [-0.25, -0.2) is 0 Å². The number of nitrogens with zero attached hydrogens (tertiary/aromatic N) is 1. The van der Waals surface area contributed by atoms with Crippen molar-refractivity contribution in [2.75, 3.05) is 0 Å². The molecule has 4 heteroatoms. The zero-order valence-corrected chi connectivity index (χ0v) is 14.3. The average Bonchev–Trinajstić information content (AvgIpc) is 2.57. The number of fused-ring (bicyclic) bond motifs is 1. The quantitative estimate of drug-likeness (QED) is 0.686. The number of ether oxygens (including phenoxy) is 1. The molecule has 1 aliphatic carbocycles. The topological polar surface area (TPSA) is 34.1 Å². The van der Waals surface area contributed by atoms with Crippen LogP contribution in [0.15, 0.2) is 30.5 Å². The molecular formula is C20H18N2OS. The highest BCUT2D eigenvalue weighted by molar-refractivity contribution is 7.80. The number of hydrogen-bond acceptors (Lipinski definition) is 3. The van der Waals surface area contributed by atoms with Gasteiger partial charge in [-0.1, -0.05) is 24.1 Å². The summed E-state index contributed by atoms with van der Waals surface area (Å²) in [6.45, 7) is 1.92. The molecule has 1 atom stereocenters. The van der Waals surface area contributed by atoms with Gasteiger partial charge in [0.15, 0.2) is 0 Å². The second-order valence-corrected chi connectivity index (χ2v) is 6.49. The molecule has 1 fully saturated rings. The molecule has 3 nitrogen and oxygen atoms in total. The summed E-state index contributed by atoms with van der Waals surface area (Å²) in [6.07, 6.45) is 15.5. The SMILES string of the molecule is C#Cc1cnc2ccc(OC(C)C(=S)NC3(C#C)CCC3)cc2c1. The smallest absolute Gasteiger partial charge is 0.146 e. The molecule has 0 saturated heterocycles. The van der Waals surface area contributed by atoms with Gasteiger partial charge < -0.3 is 10.1 Å². The zero-order valence-electron chi connectivity index (χ0n) is 13.5. The summed E-state index contributed by atoms with van der Waals surface area (Å²) in [7, 11) is 0. The van der Waals surface area contributed by atoms with E-state index in [2.05, 4.69) is 22.1 Å². The standard InChI is InChI=1S/C20H18N2OS/c1-4-15-11-16-12-17(7-8-18(16)21-13-15)23-14(3)19(24)22-20(5-2)9-6-10-20/h1-2,7-8,11-14H,6,9-10H2,3H3,(H,22,24). The van der Waals surface area contributed by atoms with Crippen LogP contribution in [0.2, 0.25) is 0 Å². The number of nitrogens with one attached hydrogen (secondary N) is 1. The van der Waals surface area contributed by atoms with Crippen LogP contribution in [-0.2, 0) is 0 Å². The Morgan fingerprint density at radius 1 is 1.38 bits per heavy atom. The molecule has 1 heterocycles. The number of pyridine rings is 1. The lowest BCUT2D eigenvalue weighted by Crippen LogP contribution is -2.54. The molecule has 24 heavy (non-hydrogen) atoms. The average molecular weight is 334 g/mol. The highest BCUT2D eigenvalue weighted by atomic mass is 32.1. The van der Waals surface area contributed by atoms with Gasteiger partial charge in [0, 0.05) is 17.1 Å². The van der Waals surface area contributed by atoms with E-state index < -0.39 is 0 Å². The first-order valence-corrected chi connectivity index (χ1v) is 8.29. The highest BCUT2D eigenvalue weighted by Crippen LogP contribution is 2.31. The van der Waals surface area contributed by atoms with E-state index >= 15 is 0 Å². The fourth-order valence-corrected chi connectivity index (χ4v) is 2.94. The van der Waals surface area contributed by atoms with Crippen LogP contribution in [-0.4, -0.2) is 21.6 Å². The van der Waals surface area contributed by atoms with Crippen LogP contribution in [0.5, 0.6) is 5.75 Å². The van der Waals surface area contributed by atoms with Gasteiger partial charge in [0.05, 0.1) is 11.1 Å². The molecule has 1 aromatic heterocycles. The summed E-state index contributed by atoms with van der Waals surface area (Å²) >= 11 is 5.46. The number of hydrogen-bond donors (Lipinski definition) is 1. The molecule has 0 bridgehead atoms. The number of aromatic nitrogens is 1. The van der Waals surface area contributed by atoms with E-state index in [-0.39, 0.29) is 11.6 Å². The van der Waals surface area contributed by atoms with Crippen molar-refractivity contribution in [3.63, 3.8) is 0 Å². The first-order valence-electron chi connectivity index (χ1n) is 7.88. The Hall–Kier alpha value is -2.56. The summed E-state index contributed by atoms with van der Waals surface area (Å²) in [5.41, 5.74) is 1.32. The van der Waals surface area contributed by atoms with E-state index in [4.69, 9.17) is 29.8 Å². The Morgan fingerprint density at radius 2 is 2.17 bits per heavy atom. The molecule has 1 aromatic carbocycles. The zero-order chi connectivity index (χ0) is 17.2. The summed E-state index contributed by atoms with van der Waals surface area (Å²) in [6, 6.07) is 7.62. The number of rotatable bonds is 4. The fourth-order valence-electron chi connectivity index (χ4n) is 2.69. The van der Waals surface area contributed by atoms with Gasteiger partial charge in [-0.15, -0.1) is 12.8 Å². The summed E-state index contributed by atoms with van der Waals surface area (Å²) in [4.78, 5) is 4.96. The van der Waals surface area contributed by atoms with E-state index in [1.54, 1.807) is 6.20 Å². The van der Waals surface area contributed by atoms with E-state index in [0.29, 0.717) is 4.99 Å². The minimum absolute atomic E-state index is 0.271. The maximum Gasteiger partial charge on any atom is 0.146 e. The van der Waals surface area contributed by atoms with Gasteiger partial charge in [0.2, 0.25) is 0 Å². The monoisotopic (exact) mass is 334 g/mol. The molecule has 0 amide bonds. The molecule has 0 aliphatic heterocycles. The number of thiocarbonyl (C=S) groups is 1. The van der Waals surface area contributed by atoms with Gasteiger partial charge in [-0.05, 0) is 50.5 Å². The van der Waals surface area contributed by atoms with Crippen molar-refractivity contribution < 1.29 is 4.74 Å². The van der Waals surface area contributed by atoms with Gasteiger partial charge in [-0.3, -0.25) is 4.98 Å². The molecule has 0 radical (unpaired) electrons. The van der Waals surface area contributed by atoms with Crippen molar-refractivity contribution in [3.8, 4) is 30.4 Å². The molecule has 1 N–H and O–H groups in total. The van der Waals surface area contributed by atoms with Crippen molar-refractivity contribution in [2.24, 2.45) is 0 Å². The minimum atomic E-state index is -0.288. The fraction of sp³-hybridized carbons (Fsp3) is 0.300. The van der Waals surface area contributed by atoms with Crippen LogP contribution in [0, 0.1) is 24.7 Å². The third-order valence-corrected chi connectivity index (χ3v) is 4.78. The van der Waals surface area contributed by atoms with Crippen LogP contribution in [0.3, 0.4) is 0 Å². The highest BCUT2D eigenvalue weighted by Gasteiger charge is 2.36. The molecule has 2 aromatic rings. The molecule has 1 aliphatic rings. The Labute approximate surface area is 147 Å². The largest absolute Gasteiger partial charge is 0.484 e. The third kappa shape index (κ3) is 3.20. The molecule has 0 spiro atoms. The van der Waals surface area contributed by atoms with Crippen LogP contribution < -0.4 is 10.1 Å². The molecular weight excluding hydrogens is 316 g/mol. The summed E-state index contributed by atoms with van der Waals surface area (Å²) < 4.78 is 5.96. The van der Waals surface area contributed by atoms with Crippen molar-refractivity contribution in [1.29, 1.82) is 0 Å². The normalized spacial score (nSPS) is 16.3. The lowest BCUT2D eigenvalue weighted by atomic mass is 9.77. The molecule has 120 valence electrons. The maximum atomic E-state index is 5.96. The second kappa shape index (κ2) is 6.51. The van der Waals surface area contributed by atoms with Crippen molar-refractivity contribution in [1.82, 2.24) is 10.3 Å². The van der Waals surface area contributed by atoms with Gasteiger partial charge in [-0.2, -0.15) is 0 Å². The summed E-state index contributed by atoms with van der Waals surface area (Å²) in [5.74, 6) is 6.13. The predicted octanol–water partition coefficient (Wildman–Crippen LogP) is 3.46. The van der Waals surface area contributed by atoms with E-state index in [1.165, 1.54) is 0 Å². The van der Waals surface area contributed by atoms with Crippen LogP contribution in [0.25, 0.3) is 10.9 Å². The maximum absolute atomic E-state index is 5.96. The summed E-state index contributed by atoms with van der Waals surface area (Å²) in [5, 5.41) is 4.22. The van der Waals surface area contributed by atoms with E-state index in [1.807, 2.05) is 31.2 Å². The van der Waals surface area contributed by atoms with Crippen molar-refractivity contribution >= 4 is 28.1 Å². The number of terminal acetylenes is 2. The van der Waals surface area contributed by atoms with Crippen LogP contribution in [0.1, 0.15) is 31.7 Å². The molecule has 1 saturated carbocycles. The van der Waals surface area contributed by atoms with Gasteiger partial charge in [0.25, 0.3) is 0 Å². The predicted molar refractivity (Wildman–Crippen MR) is 101 cm³/mol. The van der Waals surface area contributed by atoms with E-state index in [0.717, 1.165) is 41.5 Å². The van der Waals surface area contributed by atoms with Crippen molar-refractivity contribution in [3.05, 3.63) is 36.0 Å².